The van der Waals surface area contributed by atoms with E-state index >= 15 is 0 Å². The van der Waals surface area contributed by atoms with Gasteiger partial charge in [-0.15, -0.1) is 0 Å². The standard InChI is InChI=1S/C13H14N2O4/c1-14(8-12-3-2-6-19-12)13-5-4-11(15(17)18)7-10(13)9-16/h2-7,16H,8-9H2,1H3. The van der Waals surface area contributed by atoms with Gasteiger partial charge >= 0.3 is 0 Å². The SMILES string of the molecule is CN(Cc1ccco1)c1ccc([N+](=O)[O-])cc1CO. The monoisotopic (exact) mass is 262 g/mol. The molecule has 2 aromatic rings. The summed E-state index contributed by atoms with van der Waals surface area (Å²) in [5.74, 6) is 0.782. The van der Waals surface area contributed by atoms with E-state index in [0.29, 0.717) is 12.1 Å². The first-order chi connectivity index (χ1) is 9.11. The van der Waals surface area contributed by atoms with Gasteiger partial charge in [0, 0.05) is 30.4 Å². The molecule has 19 heavy (non-hydrogen) atoms. The molecule has 0 saturated carbocycles. The number of hydrogen-bond acceptors (Lipinski definition) is 5. The van der Waals surface area contributed by atoms with Gasteiger partial charge in [0.2, 0.25) is 0 Å². The highest BCUT2D eigenvalue weighted by atomic mass is 16.6. The largest absolute Gasteiger partial charge is 0.467 e. The van der Waals surface area contributed by atoms with E-state index in [1.165, 1.54) is 12.1 Å². The highest BCUT2D eigenvalue weighted by Gasteiger charge is 2.13. The van der Waals surface area contributed by atoms with Crippen LogP contribution >= 0.6 is 0 Å². The van der Waals surface area contributed by atoms with Crippen molar-refractivity contribution in [1.29, 1.82) is 0 Å². The van der Waals surface area contributed by atoms with Crippen LogP contribution in [0.1, 0.15) is 11.3 Å². The highest BCUT2D eigenvalue weighted by Crippen LogP contribution is 2.26. The predicted octanol–water partition coefficient (Wildman–Crippen LogP) is 2.32. The van der Waals surface area contributed by atoms with Crippen molar-refractivity contribution in [2.45, 2.75) is 13.2 Å². The summed E-state index contributed by atoms with van der Waals surface area (Å²) in [6.45, 7) is 0.275. The van der Waals surface area contributed by atoms with Crippen LogP contribution in [0.4, 0.5) is 11.4 Å². The smallest absolute Gasteiger partial charge is 0.269 e. The molecule has 0 unspecified atom stereocenters. The van der Waals surface area contributed by atoms with Crippen molar-refractivity contribution in [1.82, 2.24) is 0 Å². The third-order valence-electron chi connectivity index (χ3n) is 2.83. The molecule has 0 radical (unpaired) electrons. The van der Waals surface area contributed by atoms with E-state index < -0.39 is 4.92 Å². The molecular formula is C13H14N2O4. The van der Waals surface area contributed by atoms with Crippen molar-refractivity contribution in [3.63, 3.8) is 0 Å². The number of rotatable bonds is 5. The van der Waals surface area contributed by atoms with Crippen LogP contribution in [0.2, 0.25) is 0 Å². The fourth-order valence-electron chi connectivity index (χ4n) is 1.91. The topological polar surface area (TPSA) is 79.8 Å². The van der Waals surface area contributed by atoms with Gasteiger partial charge in [0.05, 0.1) is 24.3 Å². The molecule has 1 aromatic carbocycles. The number of nitrogens with zero attached hydrogens (tertiary/aromatic N) is 2. The molecule has 6 heteroatoms. The van der Waals surface area contributed by atoms with E-state index in [1.807, 2.05) is 18.0 Å². The molecule has 1 heterocycles. The minimum atomic E-state index is -0.477. The van der Waals surface area contributed by atoms with Gasteiger partial charge < -0.3 is 14.4 Å². The zero-order chi connectivity index (χ0) is 13.8. The summed E-state index contributed by atoms with van der Waals surface area (Å²) < 4.78 is 5.25. The van der Waals surface area contributed by atoms with Crippen molar-refractivity contribution in [3.8, 4) is 0 Å². The Labute approximate surface area is 110 Å². The molecule has 0 aliphatic carbocycles. The van der Waals surface area contributed by atoms with Crippen LogP contribution < -0.4 is 4.90 Å². The average molecular weight is 262 g/mol. The third kappa shape index (κ3) is 2.92. The highest BCUT2D eigenvalue weighted by molar-refractivity contribution is 5.57. The molecule has 1 N–H and O–H groups in total. The number of anilines is 1. The Morgan fingerprint density at radius 1 is 1.42 bits per heavy atom. The fourth-order valence-corrected chi connectivity index (χ4v) is 1.91. The van der Waals surface area contributed by atoms with Gasteiger partial charge in [0.15, 0.2) is 0 Å². The number of furan rings is 1. The van der Waals surface area contributed by atoms with Crippen molar-refractivity contribution in [2.75, 3.05) is 11.9 Å². The lowest BCUT2D eigenvalue weighted by atomic mass is 10.1. The van der Waals surface area contributed by atoms with E-state index in [9.17, 15) is 15.2 Å². The van der Waals surface area contributed by atoms with Crippen molar-refractivity contribution < 1.29 is 14.4 Å². The minimum absolute atomic E-state index is 0.0285. The van der Waals surface area contributed by atoms with Gasteiger partial charge in [-0.1, -0.05) is 0 Å². The number of aliphatic hydroxyl groups excluding tert-OH is 1. The first-order valence-corrected chi connectivity index (χ1v) is 5.73. The summed E-state index contributed by atoms with van der Waals surface area (Å²) >= 11 is 0. The molecule has 0 amide bonds. The van der Waals surface area contributed by atoms with Gasteiger partial charge in [-0.3, -0.25) is 10.1 Å². The zero-order valence-corrected chi connectivity index (χ0v) is 10.4. The molecule has 0 bridgehead atoms. The van der Waals surface area contributed by atoms with Crippen LogP contribution in [-0.2, 0) is 13.2 Å². The minimum Gasteiger partial charge on any atom is -0.467 e. The van der Waals surface area contributed by atoms with E-state index in [4.69, 9.17) is 4.42 Å². The maximum atomic E-state index is 10.7. The summed E-state index contributed by atoms with van der Waals surface area (Å²) in [4.78, 5) is 12.1. The van der Waals surface area contributed by atoms with Crippen LogP contribution in [0, 0.1) is 10.1 Å². The molecule has 100 valence electrons. The molecule has 0 aliphatic heterocycles. The zero-order valence-electron chi connectivity index (χ0n) is 10.4. The Morgan fingerprint density at radius 2 is 2.21 bits per heavy atom. The summed E-state index contributed by atoms with van der Waals surface area (Å²) in [7, 11) is 1.84. The van der Waals surface area contributed by atoms with E-state index in [0.717, 1.165) is 11.4 Å². The van der Waals surface area contributed by atoms with Crippen molar-refractivity contribution >= 4 is 11.4 Å². The normalized spacial score (nSPS) is 10.4. The molecular weight excluding hydrogens is 248 g/mol. The van der Waals surface area contributed by atoms with Crippen molar-refractivity contribution in [2.24, 2.45) is 0 Å². The lowest BCUT2D eigenvalue weighted by molar-refractivity contribution is -0.384. The van der Waals surface area contributed by atoms with Gasteiger partial charge in [-0.25, -0.2) is 0 Å². The maximum Gasteiger partial charge on any atom is 0.269 e. The second kappa shape index (κ2) is 5.53. The Kier molecular flexibility index (Phi) is 3.82. The molecule has 0 aliphatic rings. The number of aliphatic hydroxyl groups is 1. The van der Waals surface area contributed by atoms with E-state index in [2.05, 4.69) is 0 Å². The van der Waals surface area contributed by atoms with E-state index in [-0.39, 0.29) is 12.3 Å². The van der Waals surface area contributed by atoms with Gasteiger partial charge in [-0.05, 0) is 18.2 Å². The first kappa shape index (κ1) is 13.1. The lowest BCUT2D eigenvalue weighted by Gasteiger charge is -2.20. The van der Waals surface area contributed by atoms with Crippen molar-refractivity contribution in [3.05, 3.63) is 58.0 Å². The number of nitro benzene ring substituents is 1. The average Bonchev–Trinajstić information content (AvgIpc) is 2.90. The van der Waals surface area contributed by atoms with Crippen LogP contribution in [0.5, 0.6) is 0 Å². The van der Waals surface area contributed by atoms with Gasteiger partial charge in [0.1, 0.15) is 5.76 Å². The molecule has 2 rings (SSSR count). The fraction of sp³-hybridized carbons (Fsp3) is 0.231. The molecule has 0 spiro atoms. The van der Waals surface area contributed by atoms with Crippen LogP contribution in [-0.4, -0.2) is 17.1 Å². The Bertz CT molecular complexity index is 566. The number of benzene rings is 1. The van der Waals surface area contributed by atoms with Gasteiger partial charge in [0.25, 0.3) is 5.69 Å². The second-order valence-electron chi connectivity index (χ2n) is 4.16. The summed E-state index contributed by atoms with van der Waals surface area (Å²) in [6, 6.07) is 8.08. The maximum absolute atomic E-state index is 10.7. The first-order valence-electron chi connectivity index (χ1n) is 5.73. The molecule has 1 aromatic heterocycles. The number of hydrogen-bond donors (Lipinski definition) is 1. The molecule has 0 fully saturated rings. The van der Waals surface area contributed by atoms with Crippen LogP contribution in [0.15, 0.2) is 41.0 Å². The summed E-state index contributed by atoms with van der Waals surface area (Å²) in [5.41, 5.74) is 1.23. The van der Waals surface area contributed by atoms with Crippen LogP contribution in [0.25, 0.3) is 0 Å². The molecule has 0 atom stereocenters. The molecule has 0 saturated heterocycles. The van der Waals surface area contributed by atoms with Crippen LogP contribution in [0.3, 0.4) is 0 Å². The third-order valence-corrected chi connectivity index (χ3v) is 2.83. The quantitative estimate of drug-likeness (QED) is 0.660. The Balaban J connectivity index is 2.25. The Hall–Kier alpha value is -2.34. The van der Waals surface area contributed by atoms with E-state index in [1.54, 1.807) is 18.4 Å². The summed E-state index contributed by atoms with van der Waals surface area (Å²) in [6.07, 6.45) is 1.59. The second-order valence-corrected chi connectivity index (χ2v) is 4.16. The predicted molar refractivity (Wildman–Crippen MR) is 69.8 cm³/mol. The van der Waals surface area contributed by atoms with Gasteiger partial charge in [-0.2, -0.15) is 0 Å². The molecule has 6 nitrogen and oxygen atoms in total. The lowest BCUT2D eigenvalue weighted by Crippen LogP contribution is -2.17. The Morgan fingerprint density at radius 3 is 2.79 bits per heavy atom. The number of non-ortho nitro benzene ring substituents is 1. The summed E-state index contributed by atoms with van der Waals surface area (Å²) in [5, 5.41) is 20.0. The number of nitro groups is 1.